The third kappa shape index (κ3) is 4.13. The van der Waals surface area contributed by atoms with Crippen LogP contribution in [-0.2, 0) is 0 Å². The lowest BCUT2D eigenvalue weighted by Gasteiger charge is -2.44. The van der Waals surface area contributed by atoms with E-state index >= 15 is 0 Å². The fourth-order valence-electron chi connectivity index (χ4n) is 4.44. The predicted molar refractivity (Wildman–Crippen MR) is 98.0 cm³/mol. The molecule has 2 fully saturated rings. The van der Waals surface area contributed by atoms with Gasteiger partial charge in [0.05, 0.1) is 0 Å². The van der Waals surface area contributed by atoms with Gasteiger partial charge in [-0.2, -0.15) is 0 Å². The summed E-state index contributed by atoms with van der Waals surface area (Å²) in [6.07, 6.45) is 12.7. The third-order valence-corrected chi connectivity index (χ3v) is 6.21. The molecule has 0 saturated heterocycles. The number of hydrogen-bond acceptors (Lipinski definition) is 1. The van der Waals surface area contributed by atoms with Crippen LogP contribution in [0.1, 0.15) is 65.2 Å². The van der Waals surface area contributed by atoms with Gasteiger partial charge in [-0.05, 0) is 56.3 Å². The SMILES string of the molecule is C=C[C@]1(C)CC[C@@H](C(=C)CNC2CCCCC2)C[C@H]1C(=C)C. The summed E-state index contributed by atoms with van der Waals surface area (Å²) in [7, 11) is 0. The standard InChI is InChI=1S/C21H35N/c1-6-21(5)13-12-18(14-20(21)16(2)3)17(4)15-22-19-10-8-7-9-11-19/h6,18-20,22H,1-2,4,7-15H2,3,5H3/t18-,20+,21-/m1/s1. The molecule has 2 rings (SSSR count). The topological polar surface area (TPSA) is 12.0 Å². The van der Waals surface area contributed by atoms with Crippen molar-refractivity contribution in [3.8, 4) is 0 Å². The zero-order valence-corrected chi connectivity index (χ0v) is 14.8. The zero-order valence-electron chi connectivity index (χ0n) is 14.8. The Morgan fingerprint density at radius 1 is 1.18 bits per heavy atom. The lowest BCUT2D eigenvalue weighted by atomic mass is 9.61. The van der Waals surface area contributed by atoms with Gasteiger partial charge < -0.3 is 5.32 Å². The Morgan fingerprint density at radius 3 is 2.45 bits per heavy atom. The molecule has 0 heterocycles. The van der Waals surface area contributed by atoms with Gasteiger partial charge in [0.1, 0.15) is 0 Å². The van der Waals surface area contributed by atoms with Crippen LogP contribution in [-0.4, -0.2) is 12.6 Å². The summed E-state index contributed by atoms with van der Waals surface area (Å²) < 4.78 is 0. The van der Waals surface area contributed by atoms with Gasteiger partial charge >= 0.3 is 0 Å². The highest BCUT2D eigenvalue weighted by Crippen LogP contribution is 2.48. The number of rotatable bonds is 6. The van der Waals surface area contributed by atoms with Crippen molar-refractivity contribution in [3.05, 3.63) is 37.0 Å². The van der Waals surface area contributed by atoms with Crippen LogP contribution in [0.5, 0.6) is 0 Å². The zero-order chi connectivity index (χ0) is 16.2. The van der Waals surface area contributed by atoms with Crippen molar-refractivity contribution in [2.45, 2.75) is 71.3 Å². The van der Waals surface area contributed by atoms with Gasteiger partial charge in [0.2, 0.25) is 0 Å². The Kier molecular flexibility index (Phi) is 6.09. The Hall–Kier alpha value is -0.820. The van der Waals surface area contributed by atoms with Crippen molar-refractivity contribution in [2.24, 2.45) is 17.3 Å². The minimum Gasteiger partial charge on any atom is -0.310 e. The van der Waals surface area contributed by atoms with Gasteiger partial charge in [-0.15, -0.1) is 6.58 Å². The molecule has 1 N–H and O–H groups in total. The molecule has 1 nitrogen and oxygen atoms in total. The normalized spacial score (nSPS) is 33.4. The molecule has 2 aliphatic carbocycles. The molecule has 2 saturated carbocycles. The second kappa shape index (κ2) is 7.64. The summed E-state index contributed by atoms with van der Waals surface area (Å²) in [5.41, 5.74) is 2.93. The number of nitrogens with one attached hydrogen (secondary N) is 1. The second-order valence-corrected chi connectivity index (χ2v) is 7.95. The first kappa shape index (κ1) is 17.5. The maximum atomic E-state index is 4.41. The van der Waals surface area contributed by atoms with Crippen molar-refractivity contribution in [1.29, 1.82) is 0 Å². The summed E-state index contributed by atoms with van der Waals surface area (Å²) in [5, 5.41) is 3.76. The van der Waals surface area contributed by atoms with Crippen molar-refractivity contribution in [1.82, 2.24) is 5.32 Å². The Bertz CT molecular complexity index is 416. The molecule has 0 aromatic heterocycles. The first-order chi connectivity index (χ1) is 10.5. The van der Waals surface area contributed by atoms with E-state index in [0.717, 1.165) is 12.6 Å². The molecule has 1 heteroatoms. The minimum atomic E-state index is 0.222. The van der Waals surface area contributed by atoms with Gasteiger partial charge in [0.15, 0.2) is 0 Å². The largest absolute Gasteiger partial charge is 0.310 e. The molecule has 0 aromatic carbocycles. The average molecular weight is 302 g/mol. The maximum absolute atomic E-state index is 4.41. The molecule has 0 radical (unpaired) electrons. The summed E-state index contributed by atoms with van der Waals surface area (Å²) in [5.74, 6) is 1.20. The van der Waals surface area contributed by atoms with Crippen molar-refractivity contribution >= 4 is 0 Å². The van der Waals surface area contributed by atoms with Crippen molar-refractivity contribution in [2.75, 3.05) is 6.54 Å². The molecule has 0 bridgehead atoms. The van der Waals surface area contributed by atoms with Gasteiger partial charge in [-0.3, -0.25) is 0 Å². The van der Waals surface area contributed by atoms with E-state index in [4.69, 9.17) is 0 Å². The van der Waals surface area contributed by atoms with Crippen LogP contribution in [0, 0.1) is 17.3 Å². The fourth-order valence-corrected chi connectivity index (χ4v) is 4.44. The molecular weight excluding hydrogens is 266 g/mol. The van der Waals surface area contributed by atoms with Crippen LogP contribution in [0.15, 0.2) is 37.0 Å². The van der Waals surface area contributed by atoms with Gasteiger partial charge in [-0.1, -0.05) is 56.6 Å². The van der Waals surface area contributed by atoms with E-state index in [1.54, 1.807) is 0 Å². The van der Waals surface area contributed by atoms with Crippen molar-refractivity contribution < 1.29 is 0 Å². The van der Waals surface area contributed by atoms with E-state index in [0.29, 0.717) is 11.8 Å². The Morgan fingerprint density at radius 2 is 1.86 bits per heavy atom. The number of hydrogen-bond donors (Lipinski definition) is 1. The van der Waals surface area contributed by atoms with Crippen LogP contribution in [0.25, 0.3) is 0 Å². The highest BCUT2D eigenvalue weighted by molar-refractivity contribution is 5.16. The first-order valence-electron chi connectivity index (χ1n) is 9.16. The van der Waals surface area contributed by atoms with E-state index in [9.17, 15) is 0 Å². The van der Waals surface area contributed by atoms with Gasteiger partial charge in [0.25, 0.3) is 0 Å². The molecular formula is C21H35N. The lowest BCUT2D eigenvalue weighted by molar-refractivity contribution is 0.168. The molecule has 124 valence electrons. The molecule has 3 atom stereocenters. The van der Waals surface area contributed by atoms with Crippen LogP contribution in [0.3, 0.4) is 0 Å². The lowest BCUT2D eigenvalue weighted by Crippen LogP contribution is -2.37. The quantitative estimate of drug-likeness (QED) is 0.625. The molecule has 0 aliphatic heterocycles. The maximum Gasteiger partial charge on any atom is 0.0167 e. The Balaban J connectivity index is 1.88. The Labute approximate surface area is 138 Å². The third-order valence-electron chi connectivity index (χ3n) is 6.21. The molecule has 0 unspecified atom stereocenters. The predicted octanol–water partition coefficient (Wildman–Crippen LogP) is 5.65. The molecule has 22 heavy (non-hydrogen) atoms. The van der Waals surface area contributed by atoms with E-state index in [1.165, 1.54) is 62.5 Å². The second-order valence-electron chi connectivity index (χ2n) is 7.95. The molecule has 2 aliphatic rings. The monoisotopic (exact) mass is 301 g/mol. The van der Waals surface area contributed by atoms with E-state index in [-0.39, 0.29) is 5.41 Å². The average Bonchev–Trinajstić information content (AvgIpc) is 2.53. The molecule has 0 aromatic rings. The van der Waals surface area contributed by atoms with Gasteiger partial charge in [-0.25, -0.2) is 0 Å². The smallest absolute Gasteiger partial charge is 0.0167 e. The van der Waals surface area contributed by atoms with Crippen LogP contribution in [0.2, 0.25) is 0 Å². The van der Waals surface area contributed by atoms with Crippen LogP contribution >= 0.6 is 0 Å². The molecule has 0 amide bonds. The summed E-state index contributed by atoms with van der Waals surface area (Å²) in [6.45, 7) is 18.3. The van der Waals surface area contributed by atoms with E-state index in [2.05, 4.69) is 45.0 Å². The van der Waals surface area contributed by atoms with E-state index < -0.39 is 0 Å². The van der Waals surface area contributed by atoms with E-state index in [1.807, 2.05) is 0 Å². The highest BCUT2D eigenvalue weighted by atomic mass is 14.9. The summed E-state index contributed by atoms with van der Waals surface area (Å²) in [4.78, 5) is 0. The van der Waals surface area contributed by atoms with Crippen LogP contribution < -0.4 is 5.32 Å². The van der Waals surface area contributed by atoms with Crippen molar-refractivity contribution in [3.63, 3.8) is 0 Å². The first-order valence-corrected chi connectivity index (χ1v) is 9.16. The minimum absolute atomic E-state index is 0.222. The fraction of sp³-hybridized carbons (Fsp3) is 0.714. The molecule has 0 spiro atoms. The number of allylic oxidation sites excluding steroid dienone is 2. The summed E-state index contributed by atoms with van der Waals surface area (Å²) in [6, 6.07) is 0.726. The summed E-state index contributed by atoms with van der Waals surface area (Å²) >= 11 is 0. The van der Waals surface area contributed by atoms with Gasteiger partial charge in [0, 0.05) is 12.6 Å². The van der Waals surface area contributed by atoms with Crippen LogP contribution in [0.4, 0.5) is 0 Å². The highest BCUT2D eigenvalue weighted by Gasteiger charge is 2.38.